The van der Waals surface area contributed by atoms with Crippen LogP contribution in [0.2, 0.25) is 0 Å². The molecule has 0 aliphatic carbocycles. The number of anilines is 1. The number of nitrogens with zero attached hydrogens (tertiary/aromatic N) is 1. The van der Waals surface area contributed by atoms with Crippen molar-refractivity contribution < 1.29 is 18.7 Å². The molecule has 4 aromatic rings. The summed E-state index contributed by atoms with van der Waals surface area (Å²) in [6, 6.07) is 18.1. The highest BCUT2D eigenvalue weighted by molar-refractivity contribution is 9.10. The van der Waals surface area contributed by atoms with Gasteiger partial charge in [0.15, 0.2) is 0 Å². The number of aromatic nitrogens is 1. The summed E-state index contributed by atoms with van der Waals surface area (Å²) in [5.74, 6) is -0.195. The highest BCUT2D eigenvalue weighted by Crippen LogP contribution is 2.31. The molecule has 32 heavy (non-hydrogen) atoms. The van der Waals surface area contributed by atoms with Gasteiger partial charge in [0.2, 0.25) is 5.91 Å². The quantitative estimate of drug-likeness (QED) is 0.385. The molecule has 0 aliphatic heterocycles. The number of methoxy groups -OCH3 is 1. The molecule has 1 N–H and O–H groups in total. The van der Waals surface area contributed by atoms with E-state index in [0.29, 0.717) is 28.2 Å². The van der Waals surface area contributed by atoms with Gasteiger partial charge < -0.3 is 10.1 Å². The summed E-state index contributed by atoms with van der Waals surface area (Å²) in [5.41, 5.74) is 3.13. The molecular weight excluding hydrogens is 475 g/mol. The maximum atomic E-state index is 13.3. The van der Waals surface area contributed by atoms with E-state index < -0.39 is 0 Å². The number of benzene rings is 3. The number of hydrogen-bond donors (Lipinski definition) is 1. The summed E-state index contributed by atoms with van der Waals surface area (Å²) in [7, 11) is 1.57. The van der Waals surface area contributed by atoms with E-state index in [4.69, 9.17) is 4.74 Å². The van der Waals surface area contributed by atoms with Gasteiger partial charge in [-0.25, -0.2) is 4.39 Å². The molecular formula is C25H20BrFN2O3. The summed E-state index contributed by atoms with van der Waals surface area (Å²) >= 11 is 3.39. The number of rotatable bonds is 5. The van der Waals surface area contributed by atoms with E-state index >= 15 is 0 Å². The fourth-order valence-corrected chi connectivity index (χ4v) is 3.96. The van der Waals surface area contributed by atoms with Crippen LogP contribution in [0, 0.1) is 12.7 Å². The zero-order valence-corrected chi connectivity index (χ0v) is 19.1. The Labute approximate surface area is 192 Å². The molecule has 0 bridgehead atoms. The first-order valence-electron chi connectivity index (χ1n) is 9.91. The van der Waals surface area contributed by atoms with E-state index in [0.717, 1.165) is 15.4 Å². The molecule has 0 atom stereocenters. The van der Waals surface area contributed by atoms with Crippen molar-refractivity contribution in [2.24, 2.45) is 0 Å². The largest absolute Gasteiger partial charge is 0.497 e. The lowest BCUT2D eigenvalue weighted by atomic mass is 10.1. The number of nitrogens with one attached hydrogen (secondary N) is 1. The van der Waals surface area contributed by atoms with Gasteiger partial charge in [0, 0.05) is 26.8 Å². The molecule has 0 spiro atoms. The molecule has 0 saturated heterocycles. The molecule has 0 unspecified atom stereocenters. The van der Waals surface area contributed by atoms with Crippen molar-refractivity contribution in [2.75, 3.05) is 12.4 Å². The maximum Gasteiger partial charge on any atom is 0.262 e. The lowest BCUT2D eigenvalue weighted by Crippen LogP contribution is -2.16. The van der Waals surface area contributed by atoms with Crippen molar-refractivity contribution >= 4 is 44.3 Å². The molecule has 1 amide bonds. The average molecular weight is 495 g/mol. The fourth-order valence-electron chi connectivity index (χ4n) is 3.69. The second-order valence-electron chi connectivity index (χ2n) is 7.33. The lowest BCUT2D eigenvalue weighted by molar-refractivity contribution is -0.115. The van der Waals surface area contributed by atoms with E-state index in [-0.39, 0.29) is 24.1 Å². The molecule has 0 saturated carbocycles. The molecule has 162 valence electrons. The van der Waals surface area contributed by atoms with Crippen LogP contribution in [0.4, 0.5) is 10.1 Å². The molecule has 1 heterocycles. The van der Waals surface area contributed by atoms with Gasteiger partial charge in [0.25, 0.3) is 5.91 Å². The van der Waals surface area contributed by atoms with Crippen LogP contribution < -0.4 is 10.1 Å². The number of hydrogen-bond acceptors (Lipinski definition) is 3. The molecule has 3 aromatic carbocycles. The number of amides is 1. The normalized spacial score (nSPS) is 10.9. The SMILES string of the molecule is COc1ccc2c(c1)c(CC(=O)Nc1ccc(F)cc1)c(C)n2C(=O)c1ccc(Br)cc1. The predicted octanol–water partition coefficient (Wildman–Crippen LogP) is 5.73. The monoisotopic (exact) mass is 494 g/mol. The highest BCUT2D eigenvalue weighted by atomic mass is 79.9. The Morgan fingerprint density at radius 2 is 1.72 bits per heavy atom. The van der Waals surface area contributed by atoms with Gasteiger partial charge in [-0.3, -0.25) is 14.2 Å². The zero-order valence-electron chi connectivity index (χ0n) is 17.5. The highest BCUT2D eigenvalue weighted by Gasteiger charge is 2.22. The van der Waals surface area contributed by atoms with Crippen molar-refractivity contribution in [2.45, 2.75) is 13.3 Å². The van der Waals surface area contributed by atoms with Crippen molar-refractivity contribution in [3.05, 3.63) is 93.8 Å². The van der Waals surface area contributed by atoms with Crippen LogP contribution >= 0.6 is 15.9 Å². The lowest BCUT2D eigenvalue weighted by Gasteiger charge is -2.08. The fraction of sp³-hybridized carbons (Fsp3) is 0.120. The minimum atomic E-state index is -0.375. The van der Waals surface area contributed by atoms with E-state index in [9.17, 15) is 14.0 Å². The second kappa shape index (κ2) is 8.96. The molecule has 0 fully saturated rings. The molecule has 7 heteroatoms. The Bertz CT molecular complexity index is 1310. The minimum absolute atomic E-state index is 0.0491. The molecule has 1 aromatic heterocycles. The molecule has 4 rings (SSSR count). The van der Waals surface area contributed by atoms with E-state index in [1.54, 1.807) is 29.9 Å². The van der Waals surface area contributed by atoms with Crippen molar-refractivity contribution in [1.29, 1.82) is 0 Å². The van der Waals surface area contributed by atoms with E-state index in [2.05, 4.69) is 21.2 Å². The van der Waals surface area contributed by atoms with Crippen LogP contribution in [0.15, 0.2) is 71.2 Å². The topological polar surface area (TPSA) is 60.3 Å². The Balaban J connectivity index is 1.75. The first kappa shape index (κ1) is 21.8. The molecule has 0 radical (unpaired) electrons. The van der Waals surface area contributed by atoms with Gasteiger partial charge >= 0.3 is 0 Å². The van der Waals surface area contributed by atoms with Gasteiger partial charge in [0.1, 0.15) is 11.6 Å². The number of halogens is 2. The Morgan fingerprint density at radius 3 is 2.38 bits per heavy atom. The third-order valence-electron chi connectivity index (χ3n) is 5.30. The smallest absolute Gasteiger partial charge is 0.262 e. The number of ether oxygens (including phenoxy) is 1. The number of carbonyl (C=O) groups excluding carboxylic acids is 2. The van der Waals surface area contributed by atoms with Crippen molar-refractivity contribution in [3.63, 3.8) is 0 Å². The van der Waals surface area contributed by atoms with Crippen LogP contribution in [0.3, 0.4) is 0 Å². The van der Waals surface area contributed by atoms with Crippen molar-refractivity contribution in [3.8, 4) is 5.75 Å². The average Bonchev–Trinajstić information content (AvgIpc) is 3.06. The number of fused-ring (bicyclic) bond motifs is 1. The summed E-state index contributed by atoms with van der Waals surface area (Å²) < 4.78 is 21.0. The van der Waals surface area contributed by atoms with Gasteiger partial charge in [0.05, 0.1) is 19.0 Å². The Hall–Kier alpha value is -3.45. The Morgan fingerprint density at radius 1 is 1.03 bits per heavy atom. The summed E-state index contributed by atoms with van der Waals surface area (Å²) in [5, 5.41) is 3.54. The third-order valence-corrected chi connectivity index (χ3v) is 5.83. The Kier molecular flexibility index (Phi) is 6.10. The van der Waals surface area contributed by atoms with E-state index in [1.807, 2.05) is 31.2 Å². The second-order valence-corrected chi connectivity index (χ2v) is 8.24. The first-order chi connectivity index (χ1) is 15.4. The number of carbonyl (C=O) groups is 2. The van der Waals surface area contributed by atoms with Gasteiger partial charge in [-0.1, -0.05) is 15.9 Å². The van der Waals surface area contributed by atoms with Crippen LogP contribution in [0.1, 0.15) is 21.6 Å². The summed E-state index contributed by atoms with van der Waals surface area (Å²) in [4.78, 5) is 26.1. The molecule has 0 aliphatic rings. The van der Waals surface area contributed by atoms with Crippen LogP contribution in [-0.2, 0) is 11.2 Å². The van der Waals surface area contributed by atoms with Crippen LogP contribution in [0.5, 0.6) is 5.75 Å². The summed E-state index contributed by atoms with van der Waals surface area (Å²) in [6.45, 7) is 1.82. The third kappa shape index (κ3) is 4.29. The zero-order chi connectivity index (χ0) is 22.8. The van der Waals surface area contributed by atoms with Crippen LogP contribution in [-0.4, -0.2) is 23.5 Å². The van der Waals surface area contributed by atoms with Crippen molar-refractivity contribution in [1.82, 2.24) is 4.57 Å². The molecule has 5 nitrogen and oxygen atoms in total. The van der Waals surface area contributed by atoms with Gasteiger partial charge in [-0.15, -0.1) is 0 Å². The standard InChI is InChI=1S/C25H20BrFN2O3/c1-15-21(14-24(30)28-19-9-7-18(27)8-10-19)22-13-20(32-2)11-12-23(22)29(15)25(31)16-3-5-17(26)6-4-16/h3-13H,14H2,1-2H3,(H,28,30). The predicted molar refractivity (Wildman–Crippen MR) is 126 cm³/mol. The van der Waals surface area contributed by atoms with Gasteiger partial charge in [-0.05, 0) is 79.2 Å². The van der Waals surface area contributed by atoms with E-state index in [1.165, 1.54) is 24.3 Å². The van der Waals surface area contributed by atoms with Crippen LogP contribution in [0.25, 0.3) is 10.9 Å². The minimum Gasteiger partial charge on any atom is -0.497 e. The summed E-state index contributed by atoms with van der Waals surface area (Å²) in [6.07, 6.45) is 0.0491. The maximum absolute atomic E-state index is 13.3. The first-order valence-corrected chi connectivity index (χ1v) is 10.7. The van der Waals surface area contributed by atoms with Gasteiger partial charge in [-0.2, -0.15) is 0 Å².